The maximum absolute atomic E-state index is 12.5. The fourth-order valence-corrected chi connectivity index (χ4v) is 3.74. The van der Waals surface area contributed by atoms with E-state index >= 15 is 0 Å². The lowest BCUT2D eigenvalue weighted by Crippen LogP contribution is -2.59. The molecule has 0 spiro atoms. The first-order valence-corrected chi connectivity index (χ1v) is 9.82. The van der Waals surface area contributed by atoms with E-state index in [0.29, 0.717) is 63.6 Å². The zero-order chi connectivity index (χ0) is 20.8. The van der Waals surface area contributed by atoms with Crippen LogP contribution in [0.5, 0.6) is 5.75 Å². The van der Waals surface area contributed by atoms with Gasteiger partial charge in [0.1, 0.15) is 5.75 Å². The van der Waals surface area contributed by atoms with Gasteiger partial charge in [0, 0.05) is 57.6 Å². The summed E-state index contributed by atoms with van der Waals surface area (Å²) in [6.07, 6.45) is 1.31. The summed E-state index contributed by atoms with van der Waals surface area (Å²) < 4.78 is 10.2. The summed E-state index contributed by atoms with van der Waals surface area (Å²) in [6, 6.07) is 7.00. The number of nitrogens with one attached hydrogen (secondary N) is 1. The lowest BCUT2D eigenvalue weighted by atomic mass is 10.0. The van der Waals surface area contributed by atoms with Crippen LogP contribution in [0.2, 0.25) is 0 Å². The number of likely N-dealkylation sites (tertiary alicyclic amines) is 1. The Hall–Kier alpha value is -2.81. The molecule has 2 saturated heterocycles. The summed E-state index contributed by atoms with van der Waals surface area (Å²) in [5, 5.41) is 2.88. The van der Waals surface area contributed by atoms with Gasteiger partial charge in [-0.1, -0.05) is 6.07 Å². The Morgan fingerprint density at radius 2 is 1.86 bits per heavy atom. The van der Waals surface area contributed by atoms with Gasteiger partial charge in [-0.2, -0.15) is 0 Å². The highest BCUT2D eigenvalue weighted by atomic mass is 16.5. The topological polar surface area (TPSA) is 91.4 Å². The second-order valence-corrected chi connectivity index (χ2v) is 7.16. The van der Waals surface area contributed by atoms with Crippen LogP contribution in [-0.2, 0) is 14.3 Å². The number of carbonyl (C=O) groups excluding carboxylic acids is 3. The monoisotopic (exact) mass is 404 g/mol. The maximum atomic E-state index is 12.5. The number of anilines is 1. The molecule has 0 aliphatic carbocycles. The van der Waals surface area contributed by atoms with Gasteiger partial charge in [0.25, 0.3) is 0 Å². The summed E-state index contributed by atoms with van der Waals surface area (Å²) >= 11 is 0. The standard InChI is InChI=1S/C20H28N4O5/c1-28-13-12-22-10-11-24(19(26)18(22)25)16-6-8-23(9-7-16)20(27)21-15-4-3-5-17(14-15)29-2/h3-5,14,16H,6-13H2,1-2H3,(H,21,27). The minimum atomic E-state index is -0.466. The van der Waals surface area contributed by atoms with E-state index < -0.39 is 11.8 Å². The quantitative estimate of drug-likeness (QED) is 0.715. The fraction of sp³-hybridized carbons (Fsp3) is 0.550. The molecular formula is C20H28N4O5. The van der Waals surface area contributed by atoms with E-state index in [2.05, 4.69) is 5.32 Å². The van der Waals surface area contributed by atoms with Crippen molar-refractivity contribution in [2.45, 2.75) is 18.9 Å². The largest absolute Gasteiger partial charge is 0.497 e. The number of rotatable bonds is 6. The fourth-order valence-electron chi connectivity index (χ4n) is 3.74. The molecule has 4 amide bonds. The molecule has 2 aliphatic heterocycles. The molecule has 2 aliphatic rings. The molecule has 0 radical (unpaired) electrons. The van der Waals surface area contributed by atoms with Gasteiger partial charge < -0.3 is 29.5 Å². The average molecular weight is 404 g/mol. The van der Waals surface area contributed by atoms with E-state index in [-0.39, 0.29) is 12.1 Å². The van der Waals surface area contributed by atoms with Crippen LogP contribution in [0.15, 0.2) is 24.3 Å². The van der Waals surface area contributed by atoms with Crippen molar-refractivity contribution in [2.75, 3.05) is 58.9 Å². The van der Waals surface area contributed by atoms with Crippen LogP contribution in [0.4, 0.5) is 10.5 Å². The number of piperazine rings is 1. The maximum Gasteiger partial charge on any atom is 0.321 e. The van der Waals surface area contributed by atoms with Gasteiger partial charge in [0.05, 0.1) is 13.7 Å². The number of benzene rings is 1. The summed E-state index contributed by atoms with van der Waals surface area (Å²) in [5.74, 6) is -0.243. The summed E-state index contributed by atoms with van der Waals surface area (Å²) in [6.45, 7) is 2.95. The van der Waals surface area contributed by atoms with E-state index in [1.165, 1.54) is 0 Å². The van der Waals surface area contributed by atoms with Gasteiger partial charge in [-0.05, 0) is 25.0 Å². The van der Waals surface area contributed by atoms with Crippen LogP contribution in [0.1, 0.15) is 12.8 Å². The number of carbonyl (C=O) groups is 3. The minimum absolute atomic E-state index is 0.0168. The van der Waals surface area contributed by atoms with Crippen LogP contribution < -0.4 is 10.1 Å². The molecule has 1 N–H and O–H groups in total. The first kappa shape index (κ1) is 20.9. The van der Waals surface area contributed by atoms with Crippen molar-refractivity contribution in [3.8, 4) is 5.75 Å². The summed E-state index contributed by atoms with van der Waals surface area (Å²) in [7, 11) is 3.15. The number of methoxy groups -OCH3 is 2. The molecule has 2 fully saturated rings. The molecule has 158 valence electrons. The molecule has 0 aromatic heterocycles. The molecule has 0 unspecified atom stereocenters. The van der Waals surface area contributed by atoms with E-state index in [1.54, 1.807) is 41.1 Å². The van der Waals surface area contributed by atoms with Crippen LogP contribution in [0.3, 0.4) is 0 Å². The van der Waals surface area contributed by atoms with Gasteiger partial charge >= 0.3 is 17.8 Å². The van der Waals surface area contributed by atoms with E-state index in [0.717, 1.165) is 0 Å². The van der Waals surface area contributed by atoms with Gasteiger partial charge in [-0.3, -0.25) is 9.59 Å². The van der Waals surface area contributed by atoms with Gasteiger partial charge in [-0.25, -0.2) is 4.79 Å². The van der Waals surface area contributed by atoms with E-state index in [9.17, 15) is 14.4 Å². The zero-order valence-electron chi connectivity index (χ0n) is 16.9. The predicted octanol–water partition coefficient (Wildman–Crippen LogP) is 1.01. The van der Waals surface area contributed by atoms with Gasteiger partial charge in [-0.15, -0.1) is 0 Å². The number of nitrogens with zero attached hydrogens (tertiary/aromatic N) is 3. The normalized spacial score (nSPS) is 18.2. The molecule has 0 atom stereocenters. The molecule has 9 heteroatoms. The Kier molecular flexibility index (Phi) is 6.92. The van der Waals surface area contributed by atoms with E-state index in [4.69, 9.17) is 9.47 Å². The molecule has 2 heterocycles. The summed E-state index contributed by atoms with van der Waals surface area (Å²) in [4.78, 5) is 42.3. The third-order valence-corrected chi connectivity index (χ3v) is 5.42. The van der Waals surface area contributed by atoms with Crippen LogP contribution >= 0.6 is 0 Å². The van der Waals surface area contributed by atoms with Crippen molar-refractivity contribution in [3.05, 3.63) is 24.3 Å². The van der Waals surface area contributed by atoms with Crippen LogP contribution in [-0.4, -0.2) is 92.1 Å². The lowest BCUT2D eigenvalue weighted by Gasteiger charge is -2.42. The second-order valence-electron chi connectivity index (χ2n) is 7.16. The van der Waals surface area contributed by atoms with E-state index in [1.807, 2.05) is 12.1 Å². The van der Waals surface area contributed by atoms with Crippen molar-refractivity contribution >= 4 is 23.5 Å². The highest BCUT2D eigenvalue weighted by Crippen LogP contribution is 2.21. The smallest absolute Gasteiger partial charge is 0.321 e. The Labute approximate surface area is 170 Å². The van der Waals surface area contributed by atoms with Crippen molar-refractivity contribution in [2.24, 2.45) is 0 Å². The molecule has 1 aromatic rings. The molecule has 3 rings (SSSR count). The van der Waals surface area contributed by atoms with Gasteiger partial charge in [0.15, 0.2) is 0 Å². The van der Waals surface area contributed by atoms with Gasteiger partial charge in [0.2, 0.25) is 0 Å². The highest BCUT2D eigenvalue weighted by molar-refractivity contribution is 6.35. The number of ether oxygens (including phenoxy) is 2. The Morgan fingerprint density at radius 3 is 2.55 bits per heavy atom. The third kappa shape index (κ3) is 4.97. The Bertz CT molecular complexity index is 748. The van der Waals surface area contributed by atoms with Crippen molar-refractivity contribution < 1.29 is 23.9 Å². The van der Waals surface area contributed by atoms with Crippen LogP contribution in [0, 0.1) is 0 Å². The third-order valence-electron chi connectivity index (χ3n) is 5.42. The summed E-state index contributed by atoms with van der Waals surface area (Å²) in [5.41, 5.74) is 0.671. The predicted molar refractivity (Wildman–Crippen MR) is 107 cm³/mol. The minimum Gasteiger partial charge on any atom is -0.497 e. The number of urea groups is 1. The molecular weight excluding hydrogens is 376 g/mol. The number of hydrogen-bond donors (Lipinski definition) is 1. The SMILES string of the molecule is COCCN1CCN(C2CCN(C(=O)Nc3cccc(OC)c3)CC2)C(=O)C1=O. The van der Waals surface area contributed by atoms with Crippen molar-refractivity contribution in [3.63, 3.8) is 0 Å². The number of amides is 4. The second kappa shape index (κ2) is 9.60. The zero-order valence-corrected chi connectivity index (χ0v) is 16.9. The van der Waals surface area contributed by atoms with Crippen molar-refractivity contribution in [1.82, 2.24) is 14.7 Å². The molecule has 1 aromatic carbocycles. The highest BCUT2D eigenvalue weighted by Gasteiger charge is 2.37. The first-order chi connectivity index (χ1) is 14.0. The number of piperidine rings is 1. The molecule has 0 bridgehead atoms. The molecule has 9 nitrogen and oxygen atoms in total. The Balaban J connectivity index is 1.50. The molecule has 0 saturated carbocycles. The molecule has 29 heavy (non-hydrogen) atoms. The first-order valence-electron chi connectivity index (χ1n) is 9.82. The van der Waals surface area contributed by atoms with Crippen LogP contribution in [0.25, 0.3) is 0 Å². The lowest BCUT2D eigenvalue weighted by molar-refractivity contribution is -0.158. The Morgan fingerprint density at radius 1 is 1.10 bits per heavy atom. The van der Waals surface area contributed by atoms with Crippen molar-refractivity contribution in [1.29, 1.82) is 0 Å². The average Bonchev–Trinajstić information content (AvgIpc) is 2.75. The number of hydrogen-bond acceptors (Lipinski definition) is 5.